The SMILES string of the molecule is COc1ccc(OCC(C(=O)N[C@@H](Cc2ccc(Cl)cc2)C(=O)N[C@H](C(=O)C(F)(F)F)C(C)C)c2cccc(Cl)c2)cc1. The summed E-state index contributed by atoms with van der Waals surface area (Å²) in [7, 11) is 1.52. The number of nitrogens with one attached hydrogen (secondary N) is 2. The first-order chi connectivity index (χ1) is 20.3. The van der Waals surface area contributed by atoms with Gasteiger partial charge in [0.2, 0.25) is 11.8 Å². The van der Waals surface area contributed by atoms with Crippen molar-refractivity contribution in [3.8, 4) is 11.5 Å². The van der Waals surface area contributed by atoms with Crippen LogP contribution in [0.5, 0.6) is 11.5 Å². The molecule has 0 heterocycles. The number of hydrogen-bond acceptors (Lipinski definition) is 5. The Morgan fingerprint density at radius 1 is 0.837 bits per heavy atom. The van der Waals surface area contributed by atoms with Gasteiger partial charge < -0.3 is 20.1 Å². The first-order valence-electron chi connectivity index (χ1n) is 13.3. The van der Waals surface area contributed by atoms with Crippen molar-refractivity contribution in [3.63, 3.8) is 0 Å². The number of benzene rings is 3. The first-order valence-corrected chi connectivity index (χ1v) is 14.0. The molecule has 3 rings (SSSR count). The second-order valence-corrected chi connectivity index (χ2v) is 11.0. The number of hydrogen-bond donors (Lipinski definition) is 2. The molecule has 230 valence electrons. The fraction of sp³-hybridized carbons (Fsp3) is 0.323. The van der Waals surface area contributed by atoms with E-state index < -0.39 is 47.7 Å². The molecule has 3 aromatic carbocycles. The van der Waals surface area contributed by atoms with E-state index in [1.165, 1.54) is 21.0 Å². The molecule has 0 bridgehead atoms. The Bertz CT molecular complexity index is 1400. The number of carbonyl (C=O) groups excluding carboxylic acids is 3. The maximum atomic E-state index is 13.7. The van der Waals surface area contributed by atoms with E-state index >= 15 is 0 Å². The molecule has 2 N–H and O–H groups in total. The van der Waals surface area contributed by atoms with Gasteiger partial charge in [-0.15, -0.1) is 0 Å². The summed E-state index contributed by atoms with van der Waals surface area (Å²) in [5.74, 6) is -4.48. The van der Waals surface area contributed by atoms with E-state index in [1.807, 2.05) is 0 Å². The highest BCUT2D eigenvalue weighted by molar-refractivity contribution is 6.30. The van der Waals surface area contributed by atoms with E-state index in [2.05, 4.69) is 10.6 Å². The van der Waals surface area contributed by atoms with Crippen LogP contribution in [-0.4, -0.2) is 49.6 Å². The van der Waals surface area contributed by atoms with Crippen LogP contribution in [0.3, 0.4) is 0 Å². The van der Waals surface area contributed by atoms with Crippen molar-refractivity contribution in [2.24, 2.45) is 5.92 Å². The summed E-state index contributed by atoms with van der Waals surface area (Å²) in [6.07, 6.45) is -5.25. The molecule has 12 heteroatoms. The van der Waals surface area contributed by atoms with Crippen molar-refractivity contribution in [3.05, 3.63) is 94.0 Å². The number of methoxy groups -OCH3 is 1. The number of ketones is 1. The lowest BCUT2D eigenvalue weighted by molar-refractivity contribution is -0.175. The van der Waals surface area contributed by atoms with Gasteiger partial charge >= 0.3 is 6.18 Å². The number of amides is 2. The van der Waals surface area contributed by atoms with Gasteiger partial charge in [-0.2, -0.15) is 13.2 Å². The van der Waals surface area contributed by atoms with Gasteiger partial charge in [-0.05, 0) is 65.6 Å². The second kappa shape index (κ2) is 15.1. The van der Waals surface area contributed by atoms with Gasteiger partial charge in [0.1, 0.15) is 24.1 Å². The summed E-state index contributed by atoms with van der Waals surface area (Å²) < 4.78 is 50.9. The molecule has 3 aromatic rings. The first kappa shape index (κ1) is 33.7. The maximum Gasteiger partial charge on any atom is 0.452 e. The lowest BCUT2D eigenvalue weighted by atomic mass is 9.96. The number of alkyl halides is 3. The number of ether oxygens (including phenoxy) is 2. The summed E-state index contributed by atoms with van der Waals surface area (Å²) in [6.45, 7) is 2.61. The number of halogens is 5. The number of rotatable bonds is 13. The number of Topliss-reactive ketones (excluding diaryl/α,β-unsaturated/α-hetero) is 1. The highest BCUT2D eigenvalue weighted by Crippen LogP contribution is 2.25. The zero-order valence-corrected chi connectivity index (χ0v) is 25.1. The lowest BCUT2D eigenvalue weighted by Gasteiger charge is -2.27. The minimum Gasteiger partial charge on any atom is -0.497 e. The Hall–Kier alpha value is -3.76. The zero-order chi connectivity index (χ0) is 31.7. The molecule has 0 aromatic heterocycles. The van der Waals surface area contributed by atoms with Gasteiger partial charge in [-0.1, -0.05) is 61.3 Å². The molecule has 0 aliphatic rings. The molecule has 0 radical (unpaired) electrons. The van der Waals surface area contributed by atoms with Crippen LogP contribution in [-0.2, 0) is 20.8 Å². The number of carbonyl (C=O) groups is 3. The zero-order valence-electron chi connectivity index (χ0n) is 23.6. The average molecular weight is 639 g/mol. The van der Waals surface area contributed by atoms with Crippen LogP contribution < -0.4 is 20.1 Å². The van der Waals surface area contributed by atoms with Crippen LogP contribution in [0.25, 0.3) is 0 Å². The highest BCUT2D eigenvalue weighted by atomic mass is 35.5. The van der Waals surface area contributed by atoms with Crippen LogP contribution in [0.15, 0.2) is 72.8 Å². The topological polar surface area (TPSA) is 93.7 Å². The van der Waals surface area contributed by atoms with Crippen molar-refractivity contribution in [1.82, 2.24) is 10.6 Å². The fourth-order valence-corrected chi connectivity index (χ4v) is 4.53. The summed E-state index contributed by atoms with van der Waals surface area (Å²) in [4.78, 5) is 39.2. The Morgan fingerprint density at radius 3 is 2.02 bits per heavy atom. The quantitative estimate of drug-likeness (QED) is 0.234. The van der Waals surface area contributed by atoms with Crippen molar-refractivity contribution < 1.29 is 37.0 Å². The lowest BCUT2D eigenvalue weighted by Crippen LogP contribution is -2.56. The summed E-state index contributed by atoms with van der Waals surface area (Å²) in [6, 6.07) is 16.4. The predicted octanol–water partition coefficient (Wildman–Crippen LogP) is 6.16. The van der Waals surface area contributed by atoms with E-state index in [-0.39, 0.29) is 13.0 Å². The van der Waals surface area contributed by atoms with Gasteiger partial charge in [-0.3, -0.25) is 14.4 Å². The molecule has 0 saturated heterocycles. The Labute approximate surface area is 257 Å². The van der Waals surface area contributed by atoms with E-state index in [4.69, 9.17) is 32.7 Å². The molecule has 43 heavy (non-hydrogen) atoms. The normalized spacial score (nSPS) is 13.5. The van der Waals surface area contributed by atoms with Crippen LogP contribution in [0, 0.1) is 5.92 Å². The molecule has 1 unspecified atom stereocenters. The molecular weight excluding hydrogens is 608 g/mol. The maximum absolute atomic E-state index is 13.7. The molecule has 0 aliphatic carbocycles. The molecule has 0 fully saturated rings. The van der Waals surface area contributed by atoms with E-state index in [9.17, 15) is 27.6 Å². The standard InChI is InChI=1S/C31H31Cl2F3N2O5/c1-18(2)27(28(39)31(34,35)36)38-30(41)26(15-19-7-9-21(32)10-8-19)37-29(40)25(20-5-4-6-22(33)16-20)17-43-24-13-11-23(42-3)12-14-24/h4-14,16,18,25-27H,15,17H2,1-3H3,(H,37,40)(H,38,41)/t25?,26-,27-/m0/s1. The van der Waals surface area contributed by atoms with Gasteiger partial charge in [0.15, 0.2) is 0 Å². The third-order valence-electron chi connectivity index (χ3n) is 6.56. The minimum absolute atomic E-state index is 0.0959. The monoisotopic (exact) mass is 638 g/mol. The third kappa shape index (κ3) is 9.90. The largest absolute Gasteiger partial charge is 0.497 e. The fourth-order valence-electron chi connectivity index (χ4n) is 4.20. The van der Waals surface area contributed by atoms with Crippen LogP contribution in [0.2, 0.25) is 10.0 Å². The highest BCUT2D eigenvalue weighted by Gasteiger charge is 2.45. The van der Waals surface area contributed by atoms with Crippen LogP contribution in [0.4, 0.5) is 13.2 Å². The Morgan fingerprint density at radius 2 is 1.47 bits per heavy atom. The van der Waals surface area contributed by atoms with E-state index in [0.717, 1.165) is 0 Å². The van der Waals surface area contributed by atoms with E-state index in [1.54, 1.807) is 72.8 Å². The van der Waals surface area contributed by atoms with Crippen molar-refractivity contribution in [2.75, 3.05) is 13.7 Å². The third-order valence-corrected chi connectivity index (χ3v) is 7.04. The Balaban J connectivity index is 1.90. The van der Waals surface area contributed by atoms with Gasteiger partial charge in [-0.25, -0.2) is 0 Å². The summed E-state index contributed by atoms with van der Waals surface area (Å²) in [5.41, 5.74) is 1.05. The predicted molar refractivity (Wildman–Crippen MR) is 158 cm³/mol. The smallest absolute Gasteiger partial charge is 0.452 e. The average Bonchev–Trinajstić information content (AvgIpc) is 2.96. The van der Waals surface area contributed by atoms with E-state index in [0.29, 0.717) is 32.7 Å². The molecule has 0 spiro atoms. The molecule has 0 aliphatic heterocycles. The molecule has 0 saturated carbocycles. The minimum atomic E-state index is -5.16. The van der Waals surface area contributed by atoms with Gasteiger partial charge in [0, 0.05) is 16.5 Å². The molecule has 3 atom stereocenters. The Kier molecular flexibility index (Phi) is 11.9. The van der Waals surface area contributed by atoms with Gasteiger partial charge in [0.25, 0.3) is 5.78 Å². The molecular formula is C31H31Cl2F3N2O5. The van der Waals surface area contributed by atoms with Crippen molar-refractivity contribution in [2.45, 2.75) is 44.4 Å². The molecule has 2 amide bonds. The van der Waals surface area contributed by atoms with Gasteiger partial charge in [0.05, 0.1) is 19.1 Å². The van der Waals surface area contributed by atoms with Crippen LogP contribution in [0.1, 0.15) is 30.9 Å². The van der Waals surface area contributed by atoms with Crippen molar-refractivity contribution >= 4 is 40.8 Å². The summed E-state index contributed by atoms with van der Waals surface area (Å²) in [5, 5.41) is 5.65. The van der Waals surface area contributed by atoms with Crippen LogP contribution >= 0.6 is 23.2 Å². The molecule has 7 nitrogen and oxygen atoms in total. The summed E-state index contributed by atoms with van der Waals surface area (Å²) >= 11 is 12.2. The second-order valence-electron chi connectivity index (χ2n) is 10.1. The van der Waals surface area contributed by atoms with Crippen molar-refractivity contribution in [1.29, 1.82) is 0 Å².